The summed E-state index contributed by atoms with van der Waals surface area (Å²) in [7, 11) is 0. The van der Waals surface area contributed by atoms with E-state index in [1.54, 1.807) is 0 Å². The fourth-order valence-corrected chi connectivity index (χ4v) is 6.64. The van der Waals surface area contributed by atoms with Crippen molar-refractivity contribution >= 4 is 38.9 Å². The highest BCUT2D eigenvalue weighted by atomic mass is 16.5. The van der Waals surface area contributed by atoms with Crippen LogP contribution in [-0.4, -0.2) is 21.8 Å². The summed E-state index contributed by atoms with van der Waals surface area (Å²) in [5.41, 5.74) is 8.38. The van der Waals surface area contributed by atoms with Crippen molar-refractivity contribution in [1.82, 2.24) is 9.55 Å². The lowest BCUT2D eigenvalue weighted by atomic mass is 9.86. The van der Waals surface area contributed by atoms with Gasteiger partial charge in [-0.1, -0.05) is 71.9 Å². The highest BCUT2D eigenvalue weighted by Gasteiger charge is 2.33. The van der Waals surface area contributed by atoms with Crippen molar-refractivity contribution in [3.05, 3.63) is 114 Å². The van der Waals surface area contributed by atoms with Crippen LogP contribution in [0.1, 0.15) is 73.4 Å². The Morgan fingerprint density at radius 1 is 0.596 bits per heavy atom. The number of benzene rings is 4. The van der Waals surface area contributed by atoms with E-state index in [2.05, 4.69) is 168 Å². The number of aromatic nitrogens is 2. The van der Waals surface area contributed by atoms with Crippen molar-refractivity contribution in [3.63, 3.8) is 0 Å². The van der Waals surface area contributed by atoms with Crippen LogP contribution in [0.25, 0.3) is 27.6 Å². The first-order chi connectivity index (χ1) is 22.2. The van der Waals surface area contributed by atoms with Crippen LogP contribution < -0.4 is 14.5 Å². The maximum absolute atomic E-state index is 6.64. The van der Waals surface area contributed by atoms with Gasteiger partial charge in [-0.15, -0.1) is 0 Å². The lowest BCUT2D eigenvalue weighted by Gasteiger charge is -2.34. The van der Waals surface area contributed by atoms with E-state index in [1.165, 1.54) is 33.3 Å². The third-order valence-electron chi connectivity index (χ3n) is 9.37. The summed E-state index contributed by atoms with van der Waals surface area (Å²) in [5.74, 6) is 2.51. The Hall–Kier alpha value is -4.77. The number of nitrogens with zero attached hydrogens (tertiary/aromatic N) is 4. The van der Waals surface area contributed by atoms with E-state index in [1.807, 2.05) is 12.3 Å². The van der Waals surface area contributed by atoms with Crippen LogP contribution in [0, 0.1) is 0 Å². The van der Waals surface area contributed by atoms with Gasteiger partial charge in [-0.3, -0.25) is 4.57 Å². The van der Waals surface area contributed by atoms with Crippen LogP contribution in [0.4, 0.5) is 17.1 Å². The molecule has 0 aliphatic carbocycles. The van der Waals surface area contributed by atoms with Gasteiger partial charge in [0, 0.05) is 40.3 Å². The maximum atomic E-state index is 6.64. The van der Waals surface area contributed by atoms with E-state index in [9.17, 15) is 0 Å². The molecular weight excluding hydrogens is 576 g/mol. The fourth-order valence-electron chi connectivity index (χ4n) is 6.64. The van der Waals surface area contributed by atoms with Crippen LogP contribution in [0.15, 0.2) is 103 Å². The van der Waals surface area contributed by atoms with Crippen LogP contribution in [-0.2, 0) is 10.8 Å². The molecular formula is C42H46N4O. The van der Waals surface area contributed by atoms with Gasteiger partial charge in [-0.2, -0.15) is 0 Å². The van der Waals surface area contributed by atoms with Gasteiger partial charge in [-0.25, -0.2) is 4.98 Å². The summed E-state index contributed by atoms with van der Waals surface area (Å²) in [6.45, 7) is 21.1. The standard InChI is InChI=1S/C42H46N4O/c1-40(2,3)28-17-19-33-34-20-18-32(26-38(34)46(37(33)23-28)39-24-29(21-22-43-39)41(4,5)6)47-31-14-12-13-30(25-31)44-27-45(42(7,8)9)36-16-11-10-15-35(36)44/h10-26H,27H2,1-9H3. The summed E-state index contributed by atoms with van der Waals surface area (Å²) in [4.78, 5) is 9.74. The molecule has 6 aromatic rings. The van der Waals surface area contributed by atoms with Gasteiger partial charge in [0.05, 0.1) is 29.1 Å². The number of hydrogen-bond acceptors (Lipinski definition) is 4. The van der Waals surface area contributed by atoms with E-state index in [0.29, 0.717) is 0 Å². The summed E-state index contributed by atoms with van der Waals surface area (Å²) in [6.07, 6.45) is 1.93. The van der Waals surface area contributed by atoms with Crippen molar-refractivity contribution in [2.24, 2.45) is 0 Å². The molecule has 4 aromatic carbocycles. The first kappa shape index (κ1) is 30.9. The molecule has 0 saturated heterocycles. The van der Waals surface area contributed by atoms with Gasteiger partial charge >= 0.3 is 0 Å². The van der Waals surface area contributed by atoms with Crippen LogP contribution in [0.2, 0.25) is 0 Å². The average Bonchev–Trinajstić information content (AvgIpc) is 3.56. The number of fused-ring (bicyclic) bond motifs is 4. The summed E-state index contributed by atoms with van der Waals surface area (Å²) in [6, 6.07) is 34.7. The normalized spacial score (nSPS) is 13.9. The maximum Gasteiger partial charge on any atom is 0.137 e. The Balaban J connectivity index is 1.32. The highest BCUT2D eigenvalue weighted by Crippen LogP contribution is 2.44. The second-order valence-electron chi connectivity index (χ2n) is 15.9. The van der Waals surface area contributed by atoms with E-state index >= 15 is 0 Å². The summed E-state index contributed by atoms with van der Waals surface area (Å²) in [5, 5.41) is 2.39. The van der Waals surface area contributed by atoms with Crippen molar-refractivity contribution in [2.45, 2.75) is 78.7 Å². The number of pyridine rings is 1. The molecule has 240 valence electrons. The Morgan fingerprint density at radius 3 is 1.94 bits per heavy atom. The Labute approximate surface area is 279 Å². The number of para-hydroxylation sites is 2. The molecule has 2 aromatic heterocycles. The number of rotatable bonds is 4. The molecule has 0 fully saturated rings. The first-order valence-electron chi connectivity index (χ1n) is 16.7. The topological polar surface area (TPSA) is 33.5 Å². The molecule has 5 heteroatoms. The van der Waals surface area contributed by atoms with Gasteiger partial charge in [0.25, 0.3) is 0 Å². The fraction of sp³-hybridized carbons (Fsp3) is 0.310. The van der Waals surface area contributed by atoms with E-state index in [-0.39, 0.29) is 16.4 Å². The second kappa shape index (κ2) is 10.9. The predicted octanol–water partition coefficient (Wildman–Crippen LogP) is 11.3. The number of hydrogen-bond donors (Lipinski definition) is 0. The van der Waals surface area contributed by atoms with E-state index < -0.39 is 0 Å². The number of ether oxygens (including phenoxy) is 1. The molecule has 0 atom stereocenters. The quantitative estimate of drug-likeness (QED) is 0.196. The lowest BCUT2D eigenvalue weighted by molar-refractivity contribution is 0.483. The molecule has 1 aliphatic heterocycles. The molecule has 0 N–H and O–H groups in total. The van der Waals surface area contributed by atoms with Gasteiger partial charge in [0.2, 0.25) is 0 Å². The minimum Gasteiger partial charge on any atom is -0.457 e. The molecule has 47 heavy (non-hydrogen) atoms. The summed E-state index contributed by atoms with van der Waals surface area (Å²) >= 11 is 0. The zero-order chi connectivity index (χ0) is 33.3. The Bertz CT molecular complexity index is 2120. The zero-order valence-electron chi connectivity index (χ0n) is 29.2. The second-order valence-corrected chi connectivity index (χ2v) is 15.9. The molecule has 0 bridgehead atoms. The molecule has 5 nitrogen and oxygen atoms in total. The van der Waals surface area contributed by atoms with Crippen LogP contribution in [0.5, 0.6) is 11.5 Å². The van der Waals surface area contributed by atoms with Gasteiger partial charge in [0.15, 0.2) is 0 Å². The van der Waals surface area contributed by atoms with Crippen LogP contribution in [0.3, 0.4) is 0 Å². The largest absolute Gasteiger partial charge is 0.457 e. The highest BCUT2D eigenvalue weighted by molar-refractivity contribution is 6.09. The SMILES string of the molecule is CC(C)(C)c1ccnc(-n2c3cc(Oc4cccc(N5CN(C(C)(C)C)c6ccccc65)c4)ccc3c3ccc(C(C)(C)C)cc32)c1. The molecule has 0 unspecified atom stereocenters. The third-order valence-corrected chi connectivity index (χ3v) is 9.37. The van der Waals surface area contributed by atoms with E-state index in [0.717, 1.165) is 40.7 Å². The van der Waals surface area contributed by atoms with E-state index in [4.69, 9.17) is 9.72 Å². The van der Waals surface area contributed by atoms with Crippen molar-refractivity contribution in [2.75, 3.05) is 16.5 Å². The van der Waals surface area contributed by atoms with Gasteiger partial charge < -0.3 is 14.5 Å². The summed E-state index contributed by atoms with van der Waals surface area (Å²) < 4.78 is 8.94. The predicted molar refractivity (Wildman–Crippen MR) is 198 cm³/mol. The molecule has 0 saturated carbocycles. The van der Waals surface area contributed by atoms with Gasteiger partial charge in [-0.05, 0) is 97.3 Å². The Kier molecular flexibility index (Phi) is 7.16. The molecule has 0 radical (unpaired) electrons. The molecule has 0 spiro atoms. The number of anilines is 3. The molecule has 3 heterocycles. The van der Waals surface area contributed by atoms with Crippen molar-refractivity contribution < 1.29 is 4.74 Å². The minimum atomic E-state index is 0.00172. The zero-order valence-corrected chi connectivity index (χ0v) is 29.2. The monoisotopic (exact) mass is 622 g/mol. The smallest absolute Gasteiger partial charge is 0.137 e. The lowest BCUT2D eigenvalue weighted by Crippen LogP contribution is -2.42. The third kappa shape index (κ3) is 5.62. The minimum absolute atomic E-state index is 0.00172. The molecule has 1 aliphatic rings. The van der Waals surface area contributed by atoms with Crippen molar-refractivity contribution in [3.8, 4) is 17.3 Å². The van der Waals surface area contributed by atoms with Crippen LogP contribution >= 0.6 is 0 Å². The molecule has 0 amide bonds. The van der Waals surface area contributed by atoms with Gasteiger partial charge in [0.1, 0.15) is 17.3 Å². The first-order valence-corrected chi connectivity index (χ1v) is 16.7. The average molecular weight is 623 g/mol. The molecule has 7 rings (SSSR count). The van der Waals surface area contributed by atoms with Crippen molar-refractivity contribution in [1.29, 1.82) is 0 Å². The Morgan fingerprint density at radius 2 is 1.23 bits per heavy atom.